The van der Waals surface area contributed by atoms with Gasteiger partial charge in [0.15, 0.2) is 0 Å². The minimum atomic E-state index is -1.06. The largest absolute Gasteiger partial charge is 0.466 e. The molecule has 1 unspecified atom stereocenters. The van der Waals surface area contributed by atoms with Crippen LogP contribution in [0.5, 0.6) is 0 Å². The third-order valence-corrected chi connectivity index (χ3v) is 4.29. The lowest BCUT2D eigenvalue weighted by Crippen LogP contribution is -2.33. The first-order chi connectivity index (χ1) is 13.2. The Morgan fingerprint density at radius 1 is 1.21 bits per heavy atom. The highest BCUT2D eigenvalue weighted by Crippen LogP contribution is 2.42. The first kappa shape index (κ1) is 21.1. The van der Waals surface area contributed by atoms with Gasteiger partial charge in [-0.1, -0.05) is 18.2 Å². The van der Waals surface area contributed by atoms with Gasteiger partial charge >= 0.3 is 11.9 Å². The van der Waals surface area contributed by atoms with Crippen LogP contribution in [0.15, 0.2) is 46.8 Å². The second-order valence-corrected chi connectivity index (χ2v) is 6.39. The second-order valence-electron chi connectivity index (χ2n) is 6.39. The van der Waals surface area contributed by atoms with E-state index in [-0.39, 0.29) is 29.0 Å². The third-order valence-electron chi connectivity index (χ3n) is 4.29. The highest BCUT2D eigenvalue weighted by atomic mass is 16.6. The van der Waals surface area contributed by atoms with Gasteiger partial charge < -0.3 is 19.9 Å². The maximum absolute atomic E-state index is 12.8. The van der Waals surface area contributed by atoms with Crippen molar-refractivity contribution in [2.24, 2.45) is 0 Å². The predicted octanol–water partition coefficient (Wildman–Crippen LogP) is 1.93. The number of aliphatic hydroxyl groups excluding tert-OH is 1. The van der Waals surface area contributed by atoms with E-state index in [1.54, 1.807) is 19.9 Å². The molecular weight excluding hydrogens is 368 g/mol. The molecule has 2 rings (SSSR count). The number of nitrogens with zero attached hydrogens (tertiary/aromatic N) is 1. The minimum Gasteiger partial charge on any atom is -0.466 e. The summed E-state index contributed by atoms with van der Waals surface area (Å²) in [6.45, 7) is 4.43. The number of para-hydroxylation sites is 1. The molecule has 1 aromatic rings. The van der Waals surface area contributed by atoms with Crippen LogP contribution in [0.1, 0.15) is 32.3 Å². The van der Waals surface area contributed by atoms with Gasteiger partial charge in [0.2, 0.25) is 0 Å². The lowest BCUT2D eigenvalue weighted by molar-refractivity contribution is -0.385. The Hall–Kier alpha value is -3.20. The quantitative estimate of drug-likeness (QED) is 0.428. The number of rotatable bonds is 6. The Morgan fingerprint density at radius 3 is 2.32 bits per heavy atom. The SMILES string of the molecule is COC(=O)C1=C(C)NC(C)=C(C(=O)OCC(C)O)[C@H]1c1ccccc1[N+](=O)[O-]. The van der Waals surface area contributed by atoms with Crippen molar-refractivity contribution in [3.8, 4) is 0 Å². The smallest absolute Gasteiger partial charge is 0.336 e. The normalized spacial score (nSPS) is 17.7. The number of carbonyl (C=O) groups is 2. The summed E-state index contributed by atoms with van der Waals surface area (Å²) < 4.78 is 9.98. The van der Waals surface area contributed by atoms with Gasteiger partial charge in [-0.25, -0.2) is 9.59 Å². The van der Waals surface area contributed by atoms with E-state index in [0.717, 1.165) is 0 Å². The van der Waals surface area contributed by atoms with Gasteiger partial charge in [0.05, 0.1) is 35.2 Å². The van der Waals surface area contributed by atoms with Crippen LogP contribution in [0, 0.1) is 10.1 Å². The van der Waals surface area contributed by atoms with Crippen LogP contribution < -0.4 is 5.32 Å². The average Bonchev–Trinajstić information content (AvgIpc) is 2.64. The summed E-state index contributed by atoms with van der Waals surface area (Å²) in [6, 6.07) is 5.87. The molecule has 150 valence electrons. The fraction of sp³-hybridized carbons (Fsp3) is 0.368. The fourth-order valence-electron chi connectivity index (χ4n) is 3.13. The van der Waals surface area contributed by atoms with E-state index in [4.69, 9.17) is 9.47 Å². The molecule has 9 heteroatoms. The molecule has 0 aromatic heterocycles. The zero-order valence-electron chi connectivity index (χ0n) is 16.0. The number of esters is 2. The number of hydrogen-bond acceptors (Lipinski definition) is 8. The van der Waals surface area contributed by atoms with E-state index in [2.05, 4.69) is 5.32 Å². The maximum atomic E-state index is 12.8. The summed E-state index contributed by atoms with van der Waals surface area (Å²) in [6.07, 6.45) is -0.886. The number of hydrogen-bond donors (Lipinski definition) is 2. The first-order valence-electron chi connectivity index (χ1n) is 8.54. The van der Waals surface area contributed by atoms with Crippen LogP contribution in [-0.4, -0.2) is 41.8 Å². The third kappa shape index (κ3) is 4.20. The molecule has 9 nitrogen and oxygen atoms in total. The Balaban J connectivity index is 2.69. The molecule has 0 aliphatic carbocycles. The molecule has 0 saturated heterocycles. The Morgan fingerprint density at radius 2 is 1.79 bits per heavy atom. The number of aliphatic hydroxyl groups is 1. The number of nitro benzene ring substituents is 1. The number of allylic oxidation sites excluding steroid dienone is 2. The first-order valence-corrected chi connectivity index (χ1v) is 8.54. The average molecular weight is 390 g/mol. The van der Waals surface area contributed by atoms with Crippen molar-refractivity contribution in [1.82, 2.24) is 5.32 Å². The van der Waals surface area contributed by atoms with Gasteiger partial charge in [-0.15, -0.1) is 0 Å². The van der Waals surface area contributed by atoms with Crippen molar-refractivity contribution >= 4 is 17.6 Å². The molecule has 1 aliphatic heterocycles. The van der Waals surface area contributed by atoms with Crippen LogP contribution in [0.25, 0.3) is 0 Å². The minimum absolute atomic E-state index is 0.0425. The number of nitro groups is 1. The molecule has 0 amide bonds. The van der Waals surface area contributed by atoms with Crippen molar-refractivity contribution in [1.29, 1.82) is 0 Å². The predicted molar refractivity (Wildman–Crippen MR) is 99.0 cm³/mol. The molecule has 1 aliphatic rings. The van der Waals surface area contributed by atoms with Crippen LogP contribution >= 0.6 is 0 Å². The maximum Gasteiger partial charge on any atom is 0.336 e. The van der Waals surface area contributed by atoms with Crippen molar-refractivity contribution in [3.05, 3.63) is 62.5 Å². The molecule has 0 saturated carbocycles. The number of benzene rings is 1. The summed E-state index contributed by atoms with van der Waals surface area (Å²) in [7, 11) is 1.19. The summed E-state index contributed by atoms with van der Waals surface area (Å²) in [4.78, 5) is 36.2. The molecule has 2 N–H and O–H groups in total. The van der Waals surface area contributed by atoms with Gasteiger partial charge in [0.1, 0.15) is 6.61 Å². The van der Waals surface area contributed by atoms with Crippen molar-refractivity contribution in [2.75, 3.05) is 13.7 Å². The van der Waals surface area contributed by atoms with Gasteiger partial charge in [-0.3, -0.25) is 10.1 Å². The summed E-state index contributed by atoms with van der Waals surface area (Å²) in [5.41, 5.74) is 0.852. The van der Waals surface area contributed by atoms with Crippen LogP contribution in [0.3, 0.4) is 0 Å². The van der Waals surface area contributed by atoms with E-state index < -0.39 is 28.9 Å². The number of methoxy groups -OCH3 is 1. The lowest BCUT2D eigenvalue weighted by atomic mass is 9.79. The van der Waals surface area contributed by atoms with Crippen molar-refractivity contribution in [2.45, 2.75) is 32.8 Å². The molecule has 0 spiro atoms. The number of carbonyl (C=O) groups excluding carboxylic acids is 2. The zero-order valence-corrected chi connectivity index (χ0v) is 16.0. The highest BCUT2D eigenvalue weighted by molar-refractivity contribution is 6.00. The van der Waals surface area contributed by atoms with Crippen molar-refractivity contribution in [3.63, 3.8) is 0 Å². The molecule has 1 aromatic carbocycles. The van der Waals surface area contributed by atoms with Crippen molar-refractivity contribution < 1.29 is 29.1 Å². The highest BCUT2D eigenvalue weighted by Gasteiger charge is 2.40. The summed E-state index contributed by atoms with van der Waals surface area (Å²) >= 11 is 0. The fourth-order valence-corrected chi connectivity index (χ4v) is 3.13. The molecular formula is C19H22N2O7. The molecule has 0 radical (unpaired) electrons. The van der Waals surface area contributed by atoms with E-state index in [1.807, 2.05) is 0 Å². The number of nitrogens with one attached hydrogen (secondary N) is 1. The van der Waals surface area contributed by atoms with Gasteiger partial charge in [0, 0.05) is 23.0 Å². The molecule has 28 heavy (non-hydrogen) atoms. The molecule has 1 heterocycles. The Labute approximate surface area is 161 Å². The molecule has 2 atom stereocenters. The Bertz CT molecular complexity index is 871. The van der Waals surface area contributed by atoms with Crippen LogP contribution in [0.2, 0.25) is 0 Å². The standard InChI is InChI=1S/C19H22N2O7/c1-10(22)9-28-19(24)16-12(3)20-11(2)15(18(23)27-4)17(16)13-7-5-6-8-14(13)21(25)26/h5-8,10,17,20,22H,9H2,1-4H3/t10?,17-/m0/s1. The summed E-state index contributed by atoms with van der Waals surface area (Å²) in [5, 5.41) is 23.9. The molecule has 0 bridgehead atoms. The lowest BCUT2D eigenvalue weighted by Gasteiger charge is -2.30. The number of dihydropyridines is 1. The van der Waals surface area contributed by atoms with Gasteiger partial charge in [-0.2, -0.15) is 0 Å². The van der Waals surface area contributed by atoms with Crippen LogP contribution in [-0.2, 0) is 19.1 Å². The second kappa shape index (κ2) is 8.66. The summed E-state index contributed by atoms with van der Waals surface area (Å²) in [5.74, 6) is -2.57. The molecule has 0 fully saturated rings. The van der Waals surface area contributed by atoms with Gasteiger partial charge in [0.25, 0.3) is 5.69 Å². The van der Waals surface area contributed by atoms with E-state index in [1.165, 1.54) is 32.2 Å². The van der Waals surface area contributed by atoms with Crippen LogP contribution in [0.4, 0.5) is 5.69 Å². The van der Waals surface area contributed by atoms with E-state index in [0.29, 0.717) is 11.4 Å². The van der Waals surface area contributed by atoms with E-state index in [9.17, 15) is 24.8 Å². The Kier molecular flexibility index (Phi) is 6.53. The topological polar surface area (TPSA) is 128 Å². The zero-order chi connectivity index (χ0) is 21.0. The monoisotopic (exact) mass is 390 g/mol. The number of ether oxygens (including phenoxy) is 2. The van der Waals surface area contributed by atoms with E-state index >= 15 is 0 Å². The van der Waals surface area contributed by atoms with Gasteiger partial charge in [-0.05, 0) is 20.8 Å².